The highest BCUT2D eigenvalue weighted by Gasteiger charge is 2.42. The van der Waals surface area contributed by atoms with E-state index >= 15 is 0 Å². The van der Waals surface area contributed by atoms with E-state index in [9.17, 15) is 45.4 Å². The van der Waals surface area contributed by atoms with Gasteiger partial charge < -0.3 is 19.8 Å². The van der Waals surface area contributed by atoms with E-state index in [1.165, 1.54) is 52.2 Å². The van der Waals surface area contributed by atoms with E-state index in [0.29, 0.717) is 67.4 Å². The van der Waals surface area contributed by atoms with Crippen molar-refractivity contribution in [3.8, 4) is 11.1 Å². The summed E-state index contributed by atoms with van der Waals surface area (Å²) in [5, 5.41) is 10.4. The fourth-order valence-electron chi connectivity index (χ4n) is 6.75. The lowest BCUT2D eigenvalue weighted by atomic mass is 9.81. The number of carbonyl (C=O) groups excluding carboxylic acids is 2. The second-order valence-corrected chi connectivity index (χ2v) is 13.4. The quantitative estimate of drug-likeness (QED) is 0.322. The molecule has 270 valence electrons. The third kappa shape index (κ3) is 7.29. The molecule has 3 aromatic rings. The first-order valence-electron chi connectivity index (χ1n) is 15.9. The first kappa shape index (κ1) is 37.0. The summed E-state index contributed by atoms with van der Waals surface area (Å²) in [6.45, 7) is 8.01. The maximum Gasteiger partial charge on any atom is 0.416 e. The number of aryl methyl sites for hydroxylation is 1. The second-order valence-electron chi connectivity index (χ2n) is 13.4. The second kappa shape index (κ2) is 13.5. The Balaban J connectivity index is 1.58. The van der Waals surface area contributed by atoms with Gasteiger partial charge in [-0.3, -0.25) is 14.5 Å². The number of piperazine rings is 2. The van der Waals surface area contributed by atoms with E-state index in [2.05, 4.69) is 9.88 Å². The summed E-state index contributed by atoms with van der Waals surface area (Å²) in [6.07, 6.45) is -8.83. The summed E-state index contributed by atoms with van der Waals surface area (Å²) in [5.74, 6) is -0.971. The van der Waals surface area contributed by atoms with Crippen LogP contribution in [0, 0.1) is 12.7 Å². The highest BCUT2D eigenvalue weighted by molar-refractivity contribution is 6.03. The molecule has 3 heterocycles. The molecule has 5 rings (SSSR count). The Morgan fingerprint density at radius 3 is 2.08 bits per heavy atom. The molecule has 2 saturated heterocycles. The molecular formula is C35H38F7N5O3. The Kier molecular flexibility index (Phi) is 9.98. The third-order valence-corrected chi connectivity index (χ3v) is 9.71. The molecule has 0 bridgehead atoms. The van der Waals surface area contributed by atoms with Crippen LogP contribution in [0.2, 0.25) is 0 Å². The Labute approximate surface area is 285 Å². The molecule has 0 aliphatic carbocycles. The van der Waals surface area contributed by atoms with Gasteiger partial charge in [-0.05, 0) is 73.9 Å². The van der Waals surface area contributed by atoms with Crippen LogP contribution in [0.15, 0.2) is 48.7 Å². The number of aliphatic hydroxyl groups excluding tert-OH is 1. The van der Waals surface area contributed by atoms with Crippen LogP contribution in [0.3, 0.4) is 0 Å². The predicted molar refractivity (Wildman–Crippen MR) is 173 cm³/mol. The Morgan fingerprint density at radius 2 is 1.52 bits per heavy atom. The number of pyridine rings is 1. The SMILES string of the molecule is CC(=O)N1CCN2C[C@@H](CO)N(c3cc(-c4ccc(F)cc4C)c(N(C)C(=O)C(C)(C)c4cc(C(F)(F)F)cc(C(F)(F)F)c4)cn3)CC2C1. The summed E-state index contributed by atoms with van der Waals surface area (Å²) in [7, 11) is 1.34. The van der Waals surface area contributed by atoms with E-state index in [1.807, 2.05) is 4.90 Å². The van der Waals surface area contributed by atoms with Crippen molar-refractivity contribution < 1.29 is 45.4 Å². The molecule has 2 aliphatic heterocycles. The molecular weight excluding hydrogens is 671 g/mol. The average molecular weight is 710 g/mol. The topological polar surface area (TPSA) is 80.2 Å². The number of aromatic nitrogens is 1. The van der Waals surface area contributed by atoms with E-state index in [1.54, 1.807) is 17.9 Å². The average Bonchev–Trinajstić information content (AvgIpc) is 3.05. The van der Waals surface area contributed by atoms with Crippen LogP contribution in [0.1, 0.15) is 43.0 Å². The molecule has 1 N–H and O–H groups in total. The van der Waals surface area contributed by atoms with Crippen LogP contribution in [0.4, 0.5) is 42.2 Å². The van der Waals surface area contributed by atoms with Gasteiger partial charge in [-0.15, -0.1) is 0 Å². The normalized spacial score (nSPS) is 19.0. The number of hydrogen-bond acceptors (Lipinski definition) is 6. The number of hydrogen-bond donors (Lipinski definition) is 1. The highest BCUT2D eigenvalue weighted by Crippen LogP contribution is 2.41. The lowest BCUT2D eigenvalue weighted by Gasteiger charge is -2.50. The molecule has 2 aromatic carbocycles. The molecule has 2 aliphatic rings. The van der Waals surface area contributed by atoms with Gasteiger partial charge in [0.2, 0.25) is 11.8 Å². The van der Waals surface area contributed by atoms with Crippen molar-refractivity contribution in [2.24, 2.45) is 0 Å². The van der Waals surface area contributed by atoms with Gasteiger partial charge in [0.05, 0.1) is 41.1 Å². The van der Waals surface area contributed by atoms with Crippen LogP contribution in [-0.2, 0) is 27.4 Å². The number of likely N-dealkylation sites (N-methyl/N-ethyl adjacent to an activating group) is 1. The zero-order valence-corrected chi connectivity index (χ0v) is 28.2. The molecule has 0 radical (unpaired) electrons. The van der Waals surface area contributed by atoms with Crippen molar-refractivity contribution in [3.63, 3.8) is 0 Å². The van der Waals surface area contributed by atoms with Gasteiger partial charge in [0.1, 0.15) is 11.6 Å². The number of aliphatic hydroxyl groups is 1. The number of amides is 2. The van der Waals surface area contributed by atoms with E-state index in [-0.39, 0.29) is 36.4 Å². The summed E-state index contributed by atoms with van der Waals surface area (Å²) >= 11 is 0. The molecule has 1 unspecified atom stereocenters. The Bertz CT molecular complexity index is 1750. The van der Waals surface area contributed by atoms with Crippen LogP contribution in [0.25, 0.3) is 11.1 Å². The minimum atomic E-state index is -5.10. The van der Waals surface area contributed by atoms with Gasteiger partial charge in [0.25, 0.3) is 0 Å². The smallest absolute Gasteiger partial charge is 0.394 e. The van der Waals surface area contributed by atoms with E-state index in [0.717, 1.165) is 4.90 Å². The standard InChI is InChI=1S/C35H38F7N5O3/c1-20-10-25(36)6-7-28(20)29-14-31(47-18-26-16-45(21(2)49)8-9-46(26)17-27(47)19-48)43-15-30(29)44(5)32(50)33(3,4)22-11-23(34(37,38)39)13-24(12-22)35(40,41)42/h6-7,10-15,26-27,48H,8-9,16-19H2,1-5H3/t26?,27-/m0/s1. The van der Waals surface area contributed by atoms with Crippen LogP contribution >= 0.6 is 0 Å². The molecule has 50 heavy (non-hydrogen) atoms. The minimum absolute atomic E-state index is 0.0102. The highest BCUT2D eigenvalue weighted by atomic mass is 19.4. The first-order chi connectivity index (χ1) is 23.2. The van der Waals surface area contributed by atoms with Crippen molar-refractivity contribution in [2.75, 3.05) is 56.2 Å². The van der Waals surface area contributed by atoms with Crippen molar-refractivity contribution in [1.82, 2.24) is 14.8 Å². The molecule has 2 fully saturated rings. The summed E-state index contributed by atoms with van der Waals surface area (Å²) in [4.78, 5) is 37.9. The van der Waals surface area contributed by atoms with Crippen LogP contribution < -0.4 is 9.80 Å². The zero-order chi connectivity index (χ0) is 36.9. The molecule has 0 saturated carbocycles. The largest absolute Gasteiger partial charge is 0.416 e. The first-order valence-corrected chi connectivity index (χ1v) is 15.9. The van der Waals surface area contributed by atoms with E-state index < -0.39 is 46.2 Å². The minimum Gasteiger partial charge on any atom is -0.394 e. The number of carbonyl (C=O) groups is 2. The van der Waals surface area contributed by atoms with Gasteiger partial charge >= 0.3 is 12.4 Å². The summed E-state index contributed by atoms with van der Waals surface area (Å²) in [5.41, 5.74) is -3.90. The molecule has 8 nitrogen and oxygen atoms in total. The van der Waals surface area contributed by atoms with Crippen molar-refractivity contribution >= 4 is 23.3 Å². The van der Waals surface area contributed by atoms with Crippen molar-refractivity contribution in [3.05, 3.63) is 76.7 Å². The van der Waals surface area contributed by atoms with E-state index in [4.69, 9.17) is 0 Å². The van der Waals surface area contributed by atoms with Gasteiger partial charge in [0.15, 0.2) is 0 Å². The predicted octanol–water partition coefficient (Wildman–Crippen LogP) is 5.89. The van der Waals surface area contributed by atoms with Gasteiger partial charge in [-0.25, -0.2) is 9.37 Å². The Morgan fingerprint density at radius 1 is 0.900 bits per heavy atom. The summed E-state index contributed by atoms with van der Waals surface area (Å²) < 4.78 is 96.5. The number of anilines is 2. The molecule has 2 amide bonds. The van der Waals surface area contributed by atoms with Crippen LogP contribution in [-0.4, -0.2) is 90.2 Å². The monoisotopic (exact) mass is 709 g/mol. The molecule has 2 atom stereocenters. The molecule has 1 aromatic heterocycles. The number of benzene rings is 2. The maximum absolute atomic E-state index is 14.2. The lowest BCUT2D eigenvalue weighted by Crippen LogP contribution is -2.66. The zero-order valence-electron chi connectivity index (χ0n) is 28.2. The van der Waals surface area contributed by atoms with Gasteiger partial charge in [-0.2, -0.15) is 26.3 Å². The number of alkyl halides is 6. The Hall–Kier alpha value is -4.24. The van der Waals surface area contributed by atoms with Crippen LogP contribution in [0.5, 0.6) is 0 Å². The van der Waals surface area contributed by atoms with Gasteiger partial charge in [-0.1, -0.05) is 6.07 Å². The van der Waals surface area contributed by atoms with Crippen molar-refractivity contribution in [1.29, 1.82) is 0 Å². The van der Waals surface area contributed by atoms with Gasteiger partial charge in [0, 0.05) is 58.3 Å². The fraction of sp³-hybridized carbons (Fsp3) is 0.457. The number of nitrogens with zero attached hydrogens (tertiary/aromatic N) is 5. The fourth-order valence-corrected chi connectivity index (χ4v) is 6.75. The summed E-state index contributed by atoms with van der Waals surface area (Å²) in [6, 6.07) is 6.35. The molecule has 0 spiro atoms. The molecule has 15 heteroatoms. The lowest BCUT2D eigenvalue weighted by molar-refractivity contribution is -0.143. The number of rotatable bonds is 6. The third-order valence-electron chi connectivity index (χ3n) is 9.71. The number of fused-ring (bicyclic) bond motifs is 1. The number of halogens is 7. The van der Waals surface area contributed by atoms with Crippen molar-refractivity contribution in [2.45, 2.75) is 57.5 Å². The maximum atomic E-state index is 14.2.